The summed E-state index contributed by atoms with van der Waals surface area (Å²) in [5, 5.41) is 15.4. The number of hydrogen-bond donors (Lipinski definition) is 2. The van der Waals surface area contributed by atoms with Crippen LogP contribution in [0.15, 0.2) is 79.8 Å². The molecule has 0 saturated heterocycles. The second-order valence-electron chi connectivity index (χ2n) is 8.27. The summed E-state index contributed by atoms with van der Waals surface area (Å²) in [5.41, 5.74) is 4.78. The smallest absolute Gasteiger partial charge is 0.349 e. The summed E-state index contributed by atoms with van der Waals surface area (Å²) in [5.74, 6) is -0.0722. The van der Waals surface area contributed by atoms with Gasteiger partial charge in [0, 0.05) is 11.3 Å². The molecular weight excluding hydrogens is 432 g/mol. The highest BCUT2D eigenvalue weighted by atomic mass is 32.2. The van der Waals surface area contributed by atoms with Gasteiger partial charge in [-0.3, -0.25) is 4.99 Å². The van der Waals surface area contributed by atoms with Crippen LogP contribution in [0.4, 0.5) is 11.4 Å². The quantitative estimate of drug-likeness (QED) is 0.271. The van der Waals surface area contributed by atoms with Crippen molar-refractivity contribution in [3.63, 3.8) is 0 Å². The van der Waals surface area contributed by atoms with Crippen molar-refractivity contribution in [2.75, 3.05) is 11.6 Å². The summed E-state index contributed by atoms with van der Waals surface area (Å²) < 4.78 is 5.72. The minimum absolute atomic E-state index is 0.0722. The maximum atomic E-state index is 13.1. The number of rotatable bonds is 3. The van der Waals surface area contributed by atoms with Crippen molar-refractivity contribution in [3.8, 4) is 5.75 Å². The molecule has 0 fully saturated rings. The lowest BCUT2D eigenvalue weighted by atomic mass is 9.96. The number of fused-ring (bicyclic) bond motifs is 2. The zero-order chi connectivity index (χ0) is 23.1. The summed E-state index contributed by atoms with van der Waals surface area (Å²) in [6, 6.07) is 19.8. The molecule has 0 aliphatic carbocycles. The van der Waals surface area contributed by atoms with Crippen LogP contribution in [0, 0.1) is 13.8 Å². The molecule has 0 spiro atoms. The van der Waals surface area contributed by atoms with Crippen LogP contribution >= 0.6 is 11.8 Å². The molecular formula is C27H24N2O3S. The first kappa shape index (κ1) is 21.3. The molecule has 5 nitrogen and oxygen atoms in total. The lowest BCUT2D eigenvalue weighted by Crippen LogP contribution is -2.20. The zero-order valence-electron chi connectivity index (χ0n) is 18.7. The number of aromatic hydroxyl groups is 1. The number of benzene rings is 3. The van der Waals surface area contributed by atoms with E-state index in [1.54, 1.807) is 11.8 Å². The van der Waals surface area contributed by atoms with Crippen LogP contribution in [0.5, 0.6) is 5.75 Å². The lowest BCUT2D eigenvalue weighted by Gasteiger charge is -2.20. The molecule has 1 aliphatic heterocycles. The fourth-order valence-corrected chi connectivity index (χ4v) is 4.75. The summed E-state index contributed by atoms with van der Waals surface area (Å²) >= 11 is 1.69. The normalized spacial score (nSPS) is 15.5. The van der Waals surface area contributed by atoms with Crippen LogP contribution in [-0.4, -0.2) is 17.1 Å². The Morgan fingerprint density at radius 3 is 2.52 bits per heavy atom. The van der Waals surface area contributed by atoms with Gasteiger partial charge in [-0.2, -0.15) is 0 Å². The van der Waals surface area contributed by atoms with Crippen LogP contribution in [0.1, 0.15) is 34.7 Å². The average Bonchev–Trinajstić information content (AvgIpc) is 3.01. The number of anilines is 1. The maximum Gasteiger partial charge on any atom is 0.349 e. The third-order valence-electron chi connectivity index (χ3n) is 6.13. The van der Waals surface area contributed by atoms with Crippen LogP contribution in [0.25, 0.3) is 11.0 Å². The fourth-order valence-electron chi connectivity index (χ4n) is 4.34. The summed E-state index contributed by atoms with van der Waals surface area (Å²) in [4.78, 5) is 19.1. The Kier molecular flexibility index (Phi) is 5.46. The van der Waals surface area contributed by atoms with Crippen molar-refractivity contribution in [2.24, 2.45) is 4.99 Å². The molecule has 0 radical (unpaired) electrons. The van der Waals surface area contributed by atoms with Gasteiger partial charge in [-0.1, -0.05) is 36.4 Å². The standard InChI is InChI=1S/C27H24N2O3S/c1-15-8-9-16(2)26-23(15)25(30)24(27(31)32-26)22-14-21(17-10-12-18(33-3)13-11-17)28-19-6-4-5-7-20(19)29-22/h4-13,21,28,30H,14H2,1-3H3. The van der Waals surface area contributed by atoms with Gasteiger partial charge in [0.25, 0.3) is 0 Å². The minimum atomic E-state index is -0.580. The molecule has 0 bridgehead atoms. The van der Waals surface area contributed by atoms with Crippen molar-refractivity contribution in [3.05, 3.63) is 93.3 Å². The maximum absolute atomic E-state index is 13.1. The molecule has 4 aromatic rings. The number of thioether (sulfide) groups is 1. The van der Waals surface area contributed by atoms with Gasteiger partial charge >= 0.3 is 5.63 Å². The number of nitrogens with one attached hydrogen (secondary N) is 1. The van der Waals surface area contributed by atoms with E-state index in [0.717, 1.165) is 28.1 Å². The van der Waals surface area contributed by atoms with E-state index < -0.39 is 5.63 Å². The molecule has 0 amide bonds. The number of aryl methyl sites for hydroxylation is 2. The first-order chi connectivity index (χ1) is 16.0. The molecule has 0 saturated carbocycles. The SMILES string of the molecule is CSc1ccc(C2CC(c3c(O)c4c(C)ccc(C)c4oc3=O)=Nc3ccccc3N2)cc1. The van der Waals surface area contributed by atoms with E-state index in [2.05, 4.69) is 29.6 Å². The lowest BCUT2D eigenvalue weighted by molar-refractivity contribution is 0.465. The number of hydrogen-bond acceptors (Lipinski definition) is 6. The Labute approximate surface area is 196 Å². The van der Waals surface area contributed by atoms with E-state index in [-0.39, 0.29) is 17.4 Å². The molecule has 1 unspecified atom stereocenters. The topological polar surface area (TPSA) is 74.8 Å². The van der Waals surface area contributed by atoms with E-state index in [0.29, 0.717) is 23.1 Å². The first-order valence-electron chi connectivity index (χ1n) is 10.8. The largest absolute Gasteiger partial charge is 0.506 e. The molecule has 2 heterocycles. The van der Waals surface area contributed by atoms with Crippen molar-refractivity contribution in [2.45, 2.75) is 31.2 Å². The Morgan fingerprint density at radius 2 is 1.76 bits per heavy atom. The zero-order valence-corrected chi connectivity index (χ0v) is 19.5. The molecule has 1 atom stereocenters. The second-order valence-corrected chi connectivity index (χ2v) is 9.15. The molecule has 166 valence electrons. The Balaban J connectivity index is 1.71. The number of aliphatic imine (C=N–C) groups is 1. The number of para-hydroxylation sites is 2. The molecule has 5 rings (SSSR count). The summed E-state index contributed by atoms with van der Waals surface area (Å²) in [7, 11) is 0. The van der Waals surface area contributed by atoms with Gasteiger partial charge in [-0.25, -0.2) is 4.79 Å². The predicted molar refractivity (Wildman–Crippen MR) is 135 cm³/mol. The van der Waals surface area contributed by atoms with Crippen molar-refractivity contribution in [1.29, 1.82) is 0 Å². The van der Waals surface area contributed by atoms with Gasteiger partial charge in [0.1, 0.15) is 16.9 Å². The molecule has 33 heavy (non-hydrogen) atoms. The van der Waals surface area contributed by atoms with Gasteiger partial charge in [0.2, 0.25) is 0 Å². The fraction of sp³-hybridized carbons (Fsp3) is 0.185. The predicted octanol–water partition coefficient (Wildman–Crippen LogP) is 6.52. The van der Waals surface area contributed by atoms with Crippen molar-refractivity contribution in [1.82, 2.24) is 0 Å². The molecule has 2 N–H and O–H groups in total. The minimum Gasteiger partial charge on any atom is -0.506 e. The third-order valence-corrected chi connectivity index (χ3v) is 6.87. The Morgan fingerprint density at radius 1 is 1.03 bits per heavy atom. The van der Waals surface area contributed by atoms with E-state index in [9.17, 15) is 9.90 Å². The van der Waals surface area contributed by atoms with Crippen molar-refractivity contribution < 1.29 is 9.52 Å². The summed E-state index contributed by atoms with van der Waals surface area (Å²) in [6.07, 6.45) is 2.47. The van der Waals surface area contributed by atoms with Gasteiger partial charge in [-0.05, 0) is 61.1 Å². The highest BCUT2D eigenvalue weighted by Crippen LogP contribution is 2.38. The van der Waals surface area contributed by atoms with Crippen LogP contribution in [0.2, 0.25) is 0 Å². The van der Waals surface area contributed by atoms with E-state index in [1.807, 2.05) is 56.5 Å². The van der Waals surface area contributed by atoms with Gasteiger partial charge in [-0.15, -0.1) is 11.8 Å². The van der Waals surface area contributed by atoms with Crippen molar-refractivity contribution >= 4 is 39.8 Å². The third kappa shape index (κ3) is 3.80. The molecule has 3 aromatic carbocycles. The van der Waals surface area contributed by atoms with Crippen LogP contribution < -0.4 is 10.9 Å². The molecule has 1 aliphatic rings. The van der Waals surface area contributed by atoms with E-state index in [4.69, 9.17) is 9.41 Å². The second kappa shape index (κ2) is 8.45. The monoisotopic (exact) mass is 456 g/mol. The molecule has 6 heteroatoms. The van der Waals surface area contributed by atoms with E-state index >= 15 is 0 Å². The first-order valence-corrected chi connectivity index (χ1v) is 12.0. The summed E-state index contributed by atoms with van der Waals surface area (Å²) in [6.45, 7) is 3.76. The van der Waals surface area contributed by atoms with Crippen LogP contribution in [-0.2, 0) is 0 Å². The highest BCUT2D eigenvalue weighted by molar-refractivity contribution is 7.98. The van der Waals surface area contributed by atoms with Gasteiger partial charge < -0.3 is 14.8 Å². The number of nitrogens with zero attached hydrogens (tertiary/aromatic N) is 1. The highest BCUT2D eigenvalue weighted by Gasteiger charge is 2.27. The molecule has 1 aromatic heterocycles. The van der Waals surface area contributed by atoms with E-state index in [1.165, 1.54) is 4.90 Å². The van der Waals surface area contributed by atoms with Gasteiger partial charge in [0.05, 0.1) is 28.5 Å². The average molecular weight is 457 g/mol. The van der Waals surface area contributed by atoms with Gasteiger partial charge in [0.15, 0.2) is 0 Å². The Hall–Kier alpha value is -3.51. The van der Waals surface area contributed by atoms with Crippen LogP contribution in [0.3, 0.4) is 0 Å². The Bertz CT molecular complexity index is 1460.